The number of carbonyl (C=O) groups is 2. The highest BCUT2D eigenvalue weighted by atomic mass is 35.5. The van der Waals surface area contributed by atoms with E-state index in [4.69, 9.17) is 21.6 Å². The third-order valence-electron chi connectivity index (χ3n) is 6.44. The van der Waals surface area contributed by atoms with Crippen molar-refractivity contribution in [2.24, 2.45) is 0 Å². The van der Waals surface area contributed by atoms with Crippen LogP contribution in [0.25, 0.3) is 11.1 Å². The van der Waals surface area contributed by atoms with Gasteiger partial charge in [-0.05, 0) is 53.9 Å². The minimum absolute atomic E-state index is 0.124. The Morgan fingerprint density at radius 3 is 2.44 bits per heavy atom. The van der Waals surface area contributed by atoms with E-state index in [1.54, 1.807) is 18.2 Å². The number of benzene rings is 3. The van der Waals surface area contributed by atoms with Crippen molar-refractivity contribution in [3.63, 3.8) is 0 Å². The maximum absolute atomic E-state index is 14.6. The second-order valence-electron chi connectivity index (χ2n) is 9.01. The van der Waals surface area contributed by atoms with Gasteiger partial charge in [-0.1, -0.05) is 48.0 Å². The summed E-state index contributed by atoms with van der Waals surface area (Å²) >= 11 is 6.20. The molecule has 1 unspecified atom stereocenters. The van der Waals surface area contributed by atoms with Crippen molar-refractivity contribution in [2.75, 3.05) is 7.11 Å². The van der Waals surface area contributed by atoms with Crippen LogP contribution < -0.4 is 10.3 Å². The summed E-state index contributed by atoms with van der Waals surface area (Å²) in [5.74, 6) is -1.02. The van der Waals surface area contributed by atoms with Crippen LogP contribution in [0.15, 0.2) is 83.8 Å². The van der Waals surface area contributed by atoms with E-state index in [0.29, 0.717) is 21.7 Å². The van der Waals surface area contributed by atoms with Gasteiger partial charge in [0.05, 0.1) is 31.0 Å². The zero-order valence-electron chi connectivity index (χ0n) is 21.3. The molecule has 1 heterocycles. The van der Waals surface area contributed by atoms with E-state index >= 15 is 0 Å². The van der Waals surface area contributed by atoms with Crippen LogP contribution in [-0.4, -0.2) is 23.2 Å². The van der Waals surface area contributed by atoms with Gasteiger partial charge >= 0.3 is 0 Å². The van der Waals surface area contributed by atoms with Crippen molar-refractivity contribution in [3.05, 3.63) is 122 Å². The van der Waals surface area contributed by atoms with Crippen LogP contribution in [0.1, 0.15) is 40.0 Å². The van der Waals surface area contributed by atoms with Crippen LogP contribution in [0.2, 0.25) is 5.02 Å². The molecule has 1 atom stereocenters. The Morgan fingerprint density at radius 2 is 1.79 bits per heavy atom. The smallest absolute Gasteiger partial charge is 0.252 e. The summed E-state index contributed by atoms with van der Waals surface area (Å²) < 4.78 is 21.5. The van der Waals surface area contributed by atoms with E-state index in [0.717, 1.165) is 11.6 Å². The summed E-state index contributed by atoms with van der Waals surface area (Å²) in [4.78, 5) is 39.4. The van der Waals surface area contributed by atoms with Crippen LogP contribution in [0.3, 0.4) is 0 Å². The Kier molecular flexibility index (Phi) is 8.38. The predicted molar refractivity (Wildman–Crippen MR) is 147 cm³/mol. The Hall–Kier alpha value is -4.54. The number of ether oxygens (including phenoxy) is 1. The third-order valence-corrected chi connectivity index (χ3v) is 6.68. The first-order chi connectivity index (χ1) is 18.7. The minimum Gasteiger partial charge on any atom is -0.495 e. The van der Waals surface area contributed by atoms with Crippen LogP contribution in [0, 0.1) is 17.1 Å². The second-order valence-corrected chi connectivity index (χ2v) is 9.45. The Morgan fingerprint density at radius 1 is 1.05 bits per heavy atom. The molecule has 8 heteroatoms. The molecule has 0 aliphatic carbocycles. The average molecular weight is 543 g/mol. The zero-order valence-corrected chi connectivity index (χ0v) is 22.0. The Balaban J connectivity index is 1.82. The molecule has 4 rings (SSSR count). The molecular weight excluding hydrogens is 519 g/mol. The molecule has 0 saturated heterocycles. The Labute approximate surface area is 229 Å². The molecule has 4 aromatic rings. The van der Waals surface area contributed by atoms with Crippen molar-refractivity contribution in [1.29, 1.82) is 5.26 Å². The topological polar surface area (TPSA) is 89.2 Å². The fourth-order valence-corrected chi connectivity index (χ4v) is 4.63. The molecule has 39 heavy (non-hydrogen) atoms. The number of hydrogen-bond donors (Lipinski definition) is 0. The third kappa shape index (κ3) is 6.14. The van der Waals surface area contributed by atoms with Gasteiger partial charge in [0.15, 0.2) is 11.6 Å². The highest BCUT2D eigenvalue weighted by Crippen LogP contribution is 2.34. The van der Waals surface area contributed by atoms with Crippen LogP contribution in [0.4, 0.5) is 4.39 Å². The lowest BCUT2D eigenvalue weighted by Crippen LogP contribution is -2.32. The zero-order chi connectivity index (χ0) is 28.1. The van der Waals surface area contributed by atoms with Crippen molar-refractivity contribution >= 4 is 23.2 Å². The first-order valence-corrected chi connectivity index (χ1v) is 12.5. The maximum Gasteiger partial charge on any atom is 0.252 e. The van der Waals surface area contributed by atoms with Crippen molar-refractivity contribution in [3.8, 4) is 22.9 Å². The first kappa shape index (κ1) is 27.5. The molecule has 0 aliphatic rings. The molecule has 0 amide bonds. The van der Waals surface area contributed by atoms with Gasteiger partial charge in [-0.2, -0.15) is 5.26 Å². The number of halogens is 2. The lowest BCUT2D eigenvalue weighted by Gasteiger charge is -2.22. The quantitative estimate of drug-likeness (QED) is 0.242. The summed E-state index contributed by atoms with van der Waals surface area (Å²) in [5.41, 5.74) is 1.72. The number of hydrogen-bond acceptors (Lipinski definition) is 5. The SMILES string of the molecule is COc1cn(C(Cc2ccccc2)C(=O)Cc2ccc(C#N)cc2F)c(=O)cc1-c1cc(Cl)ccc1C(C)=O. The molecule has 0 fully saturated rings. The number of Topliss-reactive ketones (excluding diaryl/α,β-unsaturated/α-hetero) is 2. The molecule has 3 aromatic carbocycles. The van der Waals surface area contributed by atoms with Gasteiger partial charge in [0.2, 0.25) is 0 Å². The van der Waals surface area contributed by atoms with E-state index < -0.39 is 23.2 Å². The lowest BCUT2D eigenvalue weighted by atomic mass is 9.95. The highest BCUT2D eigenvalue weighted by Gasteiger charge is 2.26. The van der Waals surface area contributed by atoms with Gasteiger partial charge in [0, 0.05) is 35.1 Å². The van der Waals surface area contributed by atoms with Gasteiger partial charge in [0.25, 0.3) is 5.56 Å². The monoisotopic (exact) mass is 542 g/mol. The summed E-state index contributed by atoms with van der Waals surface area (Å²) in [7, 11) is 1.42. The second kappa shape index (κ2) is 11.9. The summed E-state index contributed by atoms with van der Waals surface area (Å²) in [6.45, 7) is 1.41. The summed E-state index contributed by atoms with van der Waals surface area (Å²) in [6.07, 6.45) is 1.33. The number of nitriles is 1. The first-order valence-electron chi connectivity index (χ1n) is 12.1. The Bertz CT molecular complexity index is 1660. The van der Waals surface area contributed by atoms with E-state index in [1.165, 1.54) is 43.0 Å². The van der Waals surface area contributed by atoms with Gasteiger partial charge in [0.1, 0.15) is 11.6 Å². The molecule has 0 bridgehead atoms. The van der Waals surface area contributed by atoms with E-state index in [2.05, 4.69) is 0 Å². The number of rotatable bonds is 9. The summed E-state index contributed by atoms with van der Waals surface area (Å²) in [6, 6.07) is 20.0. The standard InChI is InChI=1S/C31H24ClFN2O4/c1-19(36)24-11-10-23(32)15-25(24)26-16-31(38)35(18-30(26)39-2)28(13-20-6-4-3-5-7-20)29(37)14-22-9-8-21(17-34)12-27(22)33/h3-12,15-16,18,28H,13-14H2,1-2H3. The van der Waals surface area contributed by atoms with E-state index in [-0.39, 0.29) is 35.5 Å². The van der Waals surface area contributed by atoms with E-state index in [1.807, 2.05) is 36.4 Å². The van der Waals surface area contributed by atoms with Crippen molar-refractivity contribution in [2.45, 2.75) is 25.8 Å². The molecule has 196 valence electrons. The molecule has 0 N–H and O–H groups in total. The van der Waals surface area contributed by atoms with Crippen molar-refractivity contribution < 1.29 is 18.7 Å². The van der Waals surface area contributed by atoms with Gasteiger partial charge < -0.3 is 9.30 Å². The molecule has 0 spiro atoms. The molecule has 0 saturated carbocycles. The van der Waals surface area contributed by atoms with Gasteiger partial charge in [-0.25, -0.2) is 4.39 Å². The van der Waals surface area contributed by atoms with Crippen LogP contribution in [-0.2, 0) is 17.6 Å². The van der Waals surface area contributed by atoms with Crippen LogP contribution >= 0.6 is 11.6 Å². The number of carbonyl (C=O) groups excluding carboxylic acids is 2. The normalized spacial score (nSPS) is 11.5. The number of pyridine rings is 1. The highest BCUT2D eigenvalue weighted by molar-refractivity contribution is 6.31. The fourth-order valence-electron chi connectivity index (χ4n) is 4.46. The molecule has 1 aromatic heterocycles. The van der Waals surface area contributed by atoms with Crippen LogP contribution in [0.5, 0.6) is 5.75 Å². The number of methoxy groups -OCH3 is 1. The fraction of sp³-hybridized carbons (Fsp3) is 0.161. The maximum atomic E-state index is 14.6. The molecular formula is C31H24ClFN2O4. The molecule has 6 nitrogen and oxygen atoms in total. The van der Waals surface area contributed by atoms with Gasteiger partial charge in [-0.3, -0.25) is 14.4 Å². The number of nitrogens with zero attached hydrogens (tertiary/aromatic N) is 2. The number of aromatic nitrogens is 1. The lowest BCUT2D eigenvalue weighted by molar-refractivity contribution is -0.121. The number of ketones is 2. The molecule has 0 aliphatic heterocycles. The largest absolute Gasteiger partial charge is 0.495 e. The minimum atomic E-state index is -0.982. The predicted octanol–water partition coefficient (Wildman–Crippen LogP) is 5.99. The molecule has 0 radical (unpaired) electrons. The van der Waals surface area contributed by atoms with E-state index in [9.17, 15) is 18.8 Å². The summed E-state index contributed by atoms with van der Waals surface area (Å²) in [5, 5.41) is 9.40. The average Bonchev–Trinajstić information content (AvgIpc) is 2.93. The van der Waals surface area contributed by atoms with Gasteiger partial charge in [-0.15, -0.1) is 0 Å². The van der Waals surface area contributed by atoms with Crippen molar-refractivity contribution in [1.82, 2.24) is 4.57 Å².